The van der Waals surface area contributed by atoms with Gasteiger partial charge in [0.1, 0.15) is 11.3 Å². The number of alkyl halides is 1. The van der Waals surface area contributed by atoms with Gasteiger partial charge >= 0.3 is 0 Å². The minimum atomic E-state index is -0.368. The van der Waals surface area contributed by atoms with E-state index in [0.717, 1.165) is 11.3 Å². The molecule has 0 saturated heterocycles. The molecule has 1 unspecified atom stereocenters. The van der Waals surface area contributed by atoms with E-state index in [2.05, 4.69) is 4.98 Å². The van der Waals surface area contributed by atoms with Crippen molar-refractivity contribution in [2.75, 3.05) is 0 Å². The number of hydrogen-bond donors (Lipinski definition) is 0. The Bertz CT molecular complexity index is 825. The van der Waals surface area contributed by atoms with E-state index in [-0.39, 0.29) is 11.2 Å². The summed E-state index contributed by atoms with van der Waals surface area (Å²) >= 11 is 12.6. The van der Waals surface area contributed by atoms with Crippen LogP contribution in [-0.2, 0) is 0 Å². The van der Waals surface area contributed by atoms with Crippen LogP contribution >= 0.6 is 23.2 Å². The molecule has 0 spiro atoms. The summed E-state index contributed by atoms with van der Waals surface area (Å²) in [5.74, 6) is 0.204. The van der Waals surface area contributed by atoms with Crippen LogP contribution in [0.2, 0.25) is 5.02 Å². The summed E-state index contributed by atoms with van der Waals surface area (Å²) in [5, 5.41) is 0.214. The van der Waals surface area contributed by atoms with Gasteiger partial charge in [-0.05, 0) is 43.7 Å². The van der Waals surface area contributed by atoms with Crippen LogP contribution < -0.4 is 0 Å². The molecule has 108 valence electrons. The Balaban J connectivity index is 2.39. The van der Waals surface area contributed by atoms with Gasteiger partial charge in [-0.2, -0.15) is 0 Å². The first kappa shape index (κ1) is 14.4. The number of benzene rings is 2. The van der Waals surface area contributed by atoms with Gasteiger partial charge in [-0.3, -0.25) is 4.57 Å². The van der Waals surface area contributed by atoms with Crippen molar-refractivity contribution in [3.05, 3.63) is 58.6 Å². The largest absolute Gasteiger partial charge is 0.293 e. The van der Waals surface area contributed by atoms with Gasteiger partial charge in [0.25, 0.3) is 0 Å². The second-order valence-corrected chi connectivity index (χ2v) is 6.05. The molecule has 0 radical (unpaired) electrons. The van der Waals surface area contributed by atoms with Gasteiger partial charge in [-0.25, -0.2) is 9.37 Å². The summed E-state index contributed by atoms with van der Waals surface area (Å²) < 4.78 is 15.8. The number of para-hydroxylation sites is 1. The van der Waals surface area contributed by atoms with Gasteiger partial charge < -0.3 is 0 Å². The van der Waals surface area contributed by atoms with E-state index < -0.39 is 0 Å². The highest BCUT2D eigenvalue weighted by molar-refractivity contribution is 6.32. The molecule has 2 aromatic carbocycles. The number of fused-ring (bicyclic) bond motifs is 1. The van der Waals surface area contributed by atoms with Crippen LogP contribution in [0, 0.1) is 12.7 Å². The normalized spacial score (nSPS) is 12.8. The Labute approximate surface area is 132 Å². The van der Waals surface area contributed by atoms with Crippen molar-refractivity contribution in [2.24, 2.45) is 0 Å². The zero-order valence-electron chi connectivity index (χ0n) is 11.6. The van der Waals surface area contributed by atoms with Crippen LogP contribution in [0.4, 0.5) is 4.39 Å². The molecule has 0 aliphatic heterocycles. The summed E-state index contributed by atoms with van der Waals surface area (Å²) in [6, 6.07) is 10.6. The standard InChI is InChI=1S/C16H13Cl2FN2/c1-9-6-7-13(11(18)8-9)21-14-5-3-4-12(19)15(14)20-16(21)10(2)17/h3-8,10H,1-2H3. The molecule has 2 nitrogen and oxygen atoms in total. The van der Waals surface area contributed by atoms with E-state index in [1.54, 1.807) is 13.0 Å². The quantitative estimate of drug-likeness (QED) is 0.575. The summed E-state index contributed by atoms with van der Waals surface area (Å²) in [6.07, 6.45) is 0. The molecule has 0 aliphatic rings. The van der Waals surface area contributed by atoms with Crippen molar-refractivity contribution in [1.82, 2.24) is 9.55 Å². The van der Waals surface area contributed by atoms with Crippen LogP contribution in [0.3, 0.4) is 0 Å². The summed E-state index contributed by atoms with van der Waals surface area (Å²) in [5.41, 5.74) is 2.76. The van der Waals surface area contributed by atoms with Crippen LogP contribution in [0.25, 0.3) is 16.7 Å². The smallest absolute Gasteiger partial charge is 0.151 e. The molecule has 21 heavy (non-hydrogen) atoms. The highest BCUT2D eigenvalue weighted by atomic mass is 35.5. The van der Waals surface area contributed by atoms with E-state index in [0.29, 0.717) is 21.9 Å². The Hall–Kier alpha value is -1.58. The highest BCUT2D eigenvalue weighted by Gasteiger charge is 2.19. The highest BCUT2D eigenvalue weighted by Crippen LogP contribution is 2.32. The minimum absolute atomic E-state index is 0.302. The molecule has 3 aromatic rings. The molecule has 0 amide bonds. The average molecular weight is 323 g/mol. The molecule has 0 N–H and O–H groups in total. The molecule has 5 heteroatoms. The molecule has 0 bridgehead atoms. The van der Waals surface area contributed by atoms with Crippen LogP contribution in [0.5, 0.6) is 0 Å². The van der Waals surface area contributed by atoms with E-state index in [1.165, 1.54) is 6.07 Å². The van der Waals surface area contributed by atoms with Crippen molar-refractivity contribution < 1.29 is 4.39 Å². The van der Waals surface area contributed by atoms with Crippen molar-refractivity contribution in [3.8, 4) is 5.69 Å². The first-order valence-electron chi connectivity index (χ1n) is 6.56. The van der Waals surface area contributed by atoms with Gasteiger partial charge in [-0.15, -0.1) is 11.6 Å². The second-order valence-electron chi connectivity index (χ2n) is 4.98. The number of aryl methyl sites for hydroxylation is 1. The Morgan fingerprint density at radius 3 is 2.67 bits per heavy atom. The van der Waals surface area contributed by atoms with Gasteiger partial charge in [0.05, 0.1) is 21.6 Å². The predicted octanol–water partition coefficient (Wildman–Crippen LogP) is 5.43. The molecular weight excluding hydrogens is 310 g/mol. The van der Waals surface area contributed by atoms with Gasteiger partial charge in [0.15, 0.2) is 5.82 Å². The Morgan fingerprint density at radius 1 is 1.24 bits per heavy atom. The number of rotatable bonds is 2. The van der Waals surface area contributed by atoms with E-state index in [4.69, 9.17) is 23.2 Å². The number of imidazole rings is 1. The molecule has 0 saturated carbocycles. The fourth-order valence-electron chi connectivity index (χ4n) is 2.40. The lowest BCUT2D eigenvalue weighted by molar-refractivity contribution is 0.637. The third kappa shape index (κ3) is 2.41. The topological polar surface area (TPSA) is 17.8 Å². The van der Waals surface area contributed by atoms with Crippen molar-refractivity contribution in [3.63, 3.8) is 0 Å². The Morgan fingerprint density at radius 2 is 2.00 bits per heavy atom. The number of nitrogens with zero attached hydrogens (tertiary/aromatic N) is 2. The Kier molecular flexibility index (Phi) is 3.64. The molecule has 0 fully saturated rings. The molecule has 1 heterocycles. The maximum Gasteiger partial charge on any atom is 0.151 e. The number of hydrogen-bond acceptors (Lipinski definition) is 1. The van der Waals surface area contributed by atoms with Crippen molar-refractivity contribution in [1.29, 1.82) is 0 Å². The van der Waals surface area contributed by atoms with E-state index >= 15 is 0 Å². The molecule has 3 rings (SSSR count). The zero-order valence-corrected chi connectivity index (χ0v) is 13.1. The minimum Gasteiger partial charge on any atom is -0.293 e. The monoisotopic (exact) mass is 322 g/mol. The van der Waals surface area contributed by atoms with E-state index in [9.17, 15) is 4.39 Å². The summed E-state index contributed by atoms with van der Waals surface area (Å²) in [7, 11) is 0. The number of halogens is 3. The lowest BCUT2D eigenvalue weighted by atomic mass is 10.2. The lowest BCUT2D eigenvalue weighted by Crippen LogP contribution is -2.02. The van der Waals surface area contributed by atoms with Gasteiger partial charge in [0.2, 0.25) is 0 Å². The van der Waals surface area contributed by atoms with Crippen LogP contribution in [0.1, 0.15) is 23.7 Å². The molecular formula is C16H13Cl2FN2. The first-order valence-corrected chi connectivity index (χ1v) is 7.38. The van der Waals surface area contributed by atoms with Gasteiger partial charge in [0, 0.05) is 0 Å². The SMILES string of the molecule is Cc1ccc(-n2c(C(C)Cl)nc3c(F)cccc32)c(Cl)c1. The van der Waals surface area contributed by atoms with E-state index in [1.807, 2.05) is 35.8 Å². The predicted molar refractivity (Wildman–Crippen MR) is 85.0 cm³/mol. The maximum atomic E-state index is 14.0. The second kappa shape index (κ2) is 5.32. The fraction of sp³-hybridized carbons (Fsp3) is 0.188. The zero-order chi connectivity index (χ0) is 15.1. The van der Waals surface area contributed by atoms with Crippen LogP contribution in [-0.4, -0.2) is 9.55 Å². The third-order valence-corrected chi connectivity index (χ3v) is 3.86. The van der Waals surface area contributed by atoms with Gasteiger partial charge in [-0.1, -0.05) is 23.7 Å². The average Bonchev–Trinajstić information content (AvgIpc) is 2.80. The number of aromatic nitrogens is 2. The maximum absolute atomic E-state index is 14.0. The fourth-order valence-corrected chi connectivity index (χ4v) is 2.86. The van der Waals surface area contributed by atoms with Crippen molar-refractivity contribution >= 4 is 34.2 Å². The lowest BCUT2D eigenvalue weighted by Gasteiger charge is -2.12. The summed E-state index contributed by atoms with van der Waals surface area (Å²) in [6.45, 7) is 3.77. The first-order chi connectivity index (χ1) is 9.99. The molecule has 1 aromatic heterocycles. The molecule has 1 atom stereocenters. The summed E-state index contributed by atoms with van der Waals surface area (Å²) in [4.78, 5) is 4.35. The van der Waals surface area contributed by atoms with Crippen LogP contribution in [0.15, 0.2) is 36.4 Å². The third-order valence-electron chi connectivity index (χ3n) is 3.36. The van der Waals surface area contributed by atoms with Crippen molar-refractivity contribution in [2.45, 2.75) is 19.2 Å². The molecule has 0 aliphatic carbocycles.